The lowest BCUT2D eigenvalue weighted by atomic mass is 9.96. The molecule has 1 aliphatic carbocycles. The molecule has 0 radical (unpaired) electrons. The summed E-state index contributed by atoms with van der Waals surface area (Å²) in [7, 11) is 0. The number of rotatable bonds is 3. The van der Waals surface area contributed by atoms with Crippen LogP contribution in [0.5, 0.6) is 0 Å². The van der Waals surface area contributed by atoms with Crippen LogP contribution in [-0.4, -0.2) is 18.6 Å². The normalized spacial score (nSPS) is 22.4. The van der Waals surface area contributed by atoms with Gasteiger partial charge in [0.15, 0.2) is 6.61 Å². The van der Waals surface area contributed by atoms with Gasteiger partial charge < -0.3 is 10.5 Å². The maximum absolute atomic E-state index is 11.7. The Morgan fingerprint density at radius 2 is 2.33 bits per heavy atom. The van der Waals surface area contributed by atoms with Crippen molar-refractivity contribution in [1.29, 1.82) is 0 Å². The first-order valence-corrected chi connectivity index (χ1v) is 6.17. The number of benzene rings is 1. The van der Waals surface area contributed by atoms with E-state index in [0.717, 1.165) is 24.8 Å². The summed E-state index contributed by atoms with van der Waals surface area (Å²) in [6.45, 7) is 0.0113. The van der Waals surface area contributed by atoms with E-state index in [4.69, 9.17) is 16.9 Å². The van der Waals surface area contributed by atoms with Crippen LogP contribution in [0.2, 0.25) is 0 Å². The van der Waals surface area contributed by atoms with Gasteiger partial charge in [-0.25, -0.2) is 4.79 Å². The third-order valence-corrected chi connectivity index (χ3v) is 3.35. The molecule has 1 aromatic carbocycles. The minimum absolute atomic E-state index is 0.0113. The number of hydrogen-bond acceptors (Lipinski definition) is 3. The second kappa shape index (κ2) is 5.70. The number of carbonyl (C=O) groups is 1. The van der Waals surface area contributed by atoms with Gasteiger partial charge >= 0.3 is 5.97 Å². The molecule has 0 spiro atoms. The van der Waals surface area contributed by atoms with Gasteiger partial charge in [0.25, 0.3) is 0 Å². The summed E-state index contributed by atoms with van der Waals surface area (Å²) in [5, 5.41) is 0. The van der Waals surface area contributed by atoms with Crippen molar-refractivity contribution in [2.75, 3.05) is 6.61 Å². The van der Waals surface area contributed by atoms with Gasteiger partial charge in [-0.15, -0.1) is 6.42 Å². The molecule has 1 fully saturated rings. The zero-order valence-electron chi connectivity index (χ0n) is 10.3. The van der Waals surface area contributed by atoms with Gasteiger partial charge in [-0.05, 0) is 42.9 Å². The fraction of sp³-hybridized carbons (Fsp3) is 0.400. The van der Waals surface area contributed by atoms with E-state index in [1.807, 2.05) is 18.2 Å². The lowest BCUT2D eigenvalue weighted by Gasteiger charge is -2.11. The van der Waals surface area contributed by atoms with Gasteiger partial charge in [-0.1, -0.05) is 18.1 Å². The van der Waals surface area contributed by atoms with Crippen LogP contribution in [0.1, 0.15) is 41.1 Å². The molecule has 1 saturated carbocycles. The number of esters is 1. The van der Waals surface area contributed by atoms with Crippen molar-refractivity contribution in [3.05, 3.63) is 35.4 Å². The van der Waals surface area contributed by atoms with Gasteiger partial charge in [0, 0.05) is 6.04 Å². The molecule has 0 aromatic heterocycles. The van der Waals surface area contributed by atoms with Crippen LogP contribution >= 0.6 is 0 Å². The Hall–Kier alpha value is -1.79. The van der Waals surface area contributed by atoms with E-state index in [-0.39, 0.29) is 18.6 Å². The second-order valence-corrected chi connectivity index (χ2v) is 4.68. The number of terminal acetylenes is 1. The summed E-state index contributed by atoms with van der Waals surface area (Å²) in [5.41, 5.74) is 7.64. The van der Waals surface area contributed by atoms with Crippen molar-refractivity contribution < 1.29 is 9.53 Å². The molecule has 1 aliphatic rings. The van der Waals surface area contributed by atoms with Gasteiger partial charge in [0.2, 0.25) is 0 Å². The van der Waals surface area contributed by atoms with Crippen LogP contribution in [0.3, 0.4) is 0 Å². The molecule has 0 saturated heterocycles. The zero-order valence-corrected chi connectivity index (χ0v) is 10.3. The van der Waals surface area contributed by atoms with E-state index in [2.05, 4.69) is 5.92 Å². The average Bonchev–Trinajstić information content (AvgIpc) is 2.83. The molecule has 18 heavy (non-hydrogen) atoms. The molecule has 2 unspecified atom stereocenters. The van der Waals surface area contributed by atoms with Gasteiger partial charge in [0.05, 0.1) is 5.56 Å². The smallest absolute Gasteiger partial charge is 0.339 e. The van der Waals surface area contributed by atoms with Crippen LogP contribution in [0.4, 0.5) is 0 Å². The largest absolute Gasteiger partial charge is 0.449 e. The fourth-order valence-corrected chi connectivity index (χ4v) is 2.43. The van der Waals surface area contributed by atoms with Gasteiger partial charge in [-0.2, -0.15) is 0 Å². The topological polar surface area (TPSA) is 52.3 Å². The maximum Gasteiger partial charge on any atom is 0.339 e. The predicted molar refractivity (Wildman–Crippen MR) is 70.1 cm³/mol. The molecule has 0 heterocycles. The summed E-state index contributed by atoms with van der Waals surface area (Å²) in [5.74, 6) is 2.38. The maximum atomic E-state index is 11.7. The van der Waals surface area contributed by atoms with Crippen molar-refractivity contribution in [3.8, 4) is 12.3 Å². The highest BCUT2D eigenvalue weighted by atomic mass is 16.5. The van der Waals surface area contributed by atoms with Crippen LogP contribution in [0.15, 0.2) is 24.3 Å². The molecule has 2 rings (SSSR count). The zero-order chi connectivity index (χ0) is 13.0. The molecular weight excluding hydrogens is 226 g/mol. The Labute approximate surface area is 107 Å². The van der Waals surface area contributed by atoms with Crippen LogP contribution < -0.4 is 5.73 Å². The third-order valence-electron chi connectivity index (χ3n) is 3.35. The minimum atomic E-state index is -0.364. The van der Waals surface area contributed by atoms with E-state index in [0.29, 0.717) is 11.5 Å². The van der Waals surface area contributed by atoms with Gasteiger partial charge in [-0.3, -0.25) is 0 Å². The number of nitrogens with two attached hydrogens (primary N) is 1. The highest BCUT2D eigenvalue weighted by Gasteiger charge is 2.23. The monoisotopic (exact) mass is 243 g/mol. The molecule has 3 nitrogen and oxygen atoms in total. The molecule has 0 bridgehead atoms. The minimum Gasteiger partial charge on any atom is -0.449 e. The SMILES string of the molecule is C#CCOC(=O)c1cccc(C2CCC(N)C2)c1. The molecule has 94 valence electrons. The summed E-state index contributed by atoms with van der Waals surface area (Å²) >= 11 is 0. The molecule has 2 atom stereocenters. The first kappa shape index (κ1) is 12.7. The van der Waals surface area contributed by atoms with E-state index < -0.39 is 0 Å². The summed E-state index contributed by atoms with van der Waals surface area (Å²) in [4.78, 5) is 11.7. The fourth-order valence-electron chi connectivity index (χ4n) is 2.43. The molecule has 3 heteroatoms. The van der Waals surface area contributed by atoms with Crippen molar-refractivity contribution in [1.82, 2.24) is 0 Å². The standard InChI is InChI=1S/C15H17NO2/c1-2-8-18-15(17)13-5-3-4-11(9-13)12-6-7-14(16)10-12/h1,3-5,9,12,14H,6-8,10,16H2. The van der Waals surface area contributed by atoms with Crippen LogP contribution in [-0.2, 0) is 4.74 Å². The Bertz CT molecular complexity index is 476. The van der Waals surface area contributed by atoms with E-state index in [1.165, 1.54) is 0 Å². The van der Waals surface area contributed by atoms with E-state index in [9.17, 15) is 4.79 Å². The summed E-state index contributed by atoms with van der Waals surface area (Å²) < 4.78 is 4.92. The predicted octanol–water partition coefficient (Wildman–Crippen LogP) is 2.07. The average molecular weight is 243 g/mol. The Balaban J connectivity index is 2.10. The molecular formula is C15H17NO2. The highest BCUT2D eigenvalue weighted by molar-refractivity contribution is 5.89. The number of hydrogen-bond donors (Lipinski definition) is 1. The van der Waals surface area contributed by atoms with Gasteiger partial charge in [0.1, 0.15) is 0 Å². The Morgan fingerprint density at radius 3 is 3.00 bits per heavy atom. The molecule has 0 amide bonds. The van der Waals surface area contributed by atoms with E-state index >= 15 is 0 Å². The van der Waals surface area contributed by atoms with E-state index in [1.54, 1.807) is 6.07 Å². The Kier molecular flexibility index (Phi) is 4.01. The van der Waals surface area contributed by atoms with Crippen LogP contribution in [0.25, 0.3) is 0 Å². The molecule has 2 N–H and O–H groups in total. The number of ether oxygens (including phenoxy) is 1. The van der Waals surface area contributed by atoms with Crippen molar-refractivity contribution >= 4 is 5.97 Å². The quantitative estimate of drug-likeness (QED) is 0.653. The Morgan fingerprint density at radius 1 is 1.50 bits per heavy atom. The molecule has 0 aliphatic heterocycles. The molecule has 1 aromatic rings. The third kappa shape index (κ3) is 2.91. The van der Waals surface area contributed by atoms with Crippen LogP contribution in [0, 0.1) is 12.3 Å². The van der Waals surface area contributed by atoms with Crippen molar-refractivity contribution in [2.24, 2.45) is 5.73 Å². The lowest BCUT2D eigenvalue weighted by Crippen LogP contribution is -2.14. The van der Waals surface area contributed by atoms with Crippen molar-refractivity contribution in [3.63, 3.8) is 0 Å². The lowest BCUT2D eigenvalue weighted by molar-refractivity contribution is 0.0556. The summed E-state index contributed by atoms with van der Waals surface area (Å²) in [6, 6.07) is 7.84. The first-order valence-electron chi connectivity index (χ1n) is 6.17. The summed E-state index contributed by atoms with van der Waals surface area (Å²) in [6.07, 6.45) is 8.19. The second-order valence-electron chi connectivity index (χ2n) is 4.68. The van der Waals surface area contributed by atoms with Crippen molar-refractivity contribution in [2.45, 2.75) is 31.2 Å². The highest BCUT2D eigenvalue weighted by Crippen LogP contribution is 2.33. The number of carbonyl (C=O) groups excluding carboxylic acids is 1. The first-order chi connectivity index (χ1) is 8.70.